The van der Waals surface area contributed by atoms with Gasteiger partial charge >= 0.3 is 0 Å². The number of benzene rings is 1. The lowest BCUT2D eigenvalue weighted by Gasteiger charge is -2.13. The number of aromatic nitrogens is 1. The number of thiazole rings is 1. The average molecular weight is 248 g/mol. The van der Waals surface area contributed by atoms with Crippen LogP contribution in [0.5, 0.6) is 5.75 Å². The van der Waals surface area contributed by atoms with Crippen LogP contribution in [0.4, 0.5) is 5.69 Å². The van der Waals surface area contributed by atoms with Gasteiger partial charge in [-0.15, -0.1) is 11.3 Å². The number of hydrogen-bond donors (Lipinski definition) is 2. The number of aromatic hydroxyl groups is 1. The highest BCUT2D eigenvalue weighted by molar-refractivity contribution is 7.09. The maximum Gasteiger partial charge on any atom is 0.120 e. The Morgan fingerprint density at radius 1 is 1.35 bits per heavy atom. The van der Waals surface area contributed by atoms with E-state index in [1.807, 2.05) is 26.0 Å². The van der Waals surface area contributed by atoms with Gasteiger partial charge in [0.15, 0.2) is 0 Å². The van der Waals surface area contributed by atoms with E-state index in [1.165, 1.54) is 0 Å². The third-order valence-electron chi connectivity index (χ3n) is 2.67. The Hall–Kier alpha value is -1.55. The predicted octanol–water partition coefficient (Wildman–Crippen LogP) is 3.64. The van der Waals surface area contributed by atoms with Crippen LogP contribution in [-0.4, -0.2) is 10.1 Å². The highest BCUT2D eigenvalue weighted by Crippen LogP contribution is 2.25. The van der Waals surface area contributed by atoms with E-state index >= 15 is 0 Å². The summed E-state index contributed by atoms with van der Waals surface area (Å²) in [6.45, 7) is 5.94. The molecule has 0 amide bonds. The van der Waals surface area contributed by atoms with Crippen molar-refractivity contribution in [3.8, 4) is 5.75 Å². The first kappa shape index (κ1) is 11.9. The zero-order valence-electron chi connectivity index (χ0n) is 10.2. The summed E-state index contributed by atoms with van der Waals surface area (Å²) in [5, 5.41) is 16.1. The zero-order valence-corrected chi connectivity index (χ0v) is 11.0. The Morgan fingerprint density at radius 2 is 2.12 bits per heavy atom. The number of phenols is 1. The lowest BCUT2D eigenvalue weighted by molar-refractivity contribution is 0.471. The fourth-order valence-electron chi connectivity index (χ4n) is 1.60. The lowest BCUT2D eigenvalue weighted by atomic mass is 10.2. The molecule has 1 aromatic heterocycles. The molecule has 0 aliphatic carbocycles. The van der Waals surface area contributed by atoms with Crippen molar-refractivity contribution in [2.75, 3.05) is 5.32 Å². The van der Waals surface area contributed by atoms with Crippen molar-refractivity contribution in [3.63, 3.8) is 0 Å². The maximum atomic E-state index is 9.63. The largest absolute Gasteiger partial charge is 0.508 e. The normalized spacial score (nSPS) is 12.4. The van der Waals surface area contributed by atoms with Crippen LogP contribution in [0.25, 0.3) is 0 Å². The molecule has 0 saturated heterocycles. The molecule has 0 radical (unpaired) electrons. The van der Waals surface area contributed by atoms with E-state index in [1.54, 1.807) is 17.4 Å². The Balaban J connectivity index is 2.12. The van der Waals surface area contributed by atoms with Gasteiger partial charge in [0.2, 0.25) is 0 Å². The molecule has 1 aromatic carbocycles. The van der Waals surface area contributed by atoms with Crippen LogP contribution in [0.2, 0.25) is 0 Å². The fourth-order valence-corrected chi connectivity index (χ4v) is 2.31. The molecule has 4 heteroatoms. The van der Waals surface area contributed by atoms with Gasteiger partial charge in [0.1, 0.15) is 5.75 Å². The minimum atomic E-state index is 0.141. The Morgan fingerprint density at radius 3 is 2.71 bits per heavy atom. The second-order valence-corrected chi connectivity index (χ2v) is 5.22. The van der Waals surface area contributed by atoms with Crippen molar-refractivity contribution in [2.45, 2.75) is 26.8 Å². The first-order valence-corrected chi connectivity index (χ1v) is 6.42. The minimum absolute atomic E-state index is 0.141. The zero-order chi connectivity index (χ0) is 12.4. The van der Waals surface area contributed by atoms with Crippen molar-refractivity contribution in [1.29, 1.82) is 0 Å². The van der Waals surface area contributed by atoms with Crippen LogP contribution < -0.4 is 5.32 Å². The predicted molar refractivity (Wildman–Crippen MR) is 71.7 cm³/mol. The summed E-state index contributed by atoms with van der Waals surface area (Å²) in [6.07, 6.45) is 0. The first-order chi connectivity index (χ1) is 8.06. The molecule has 2 aromatic rings. The summed E-state index contributed by atoms with van der Waals surface area (Å²) in [5.74, 6) is 0.316. The molecule has 0 fully saturated rings. The molecule has 0 aliphatic rings. The number of anilines is 1. The summed E-state index contributed by atoms with van der Waals surface area (Å²) in [5.41, 5.74) is 2.83. The van der Waals surface area contributed by atoms with Crippen LogP contribution >= 0.6 is 11.3 Å². The molecule has 0 saturated carbocycles. The summed E-state index contributed by atoms with van der Waals surface area (Å²) in [7, 11) is 0. The standard InChI is InChI=1S/C13H16N2OS/c1-8-4-5-11(6-13(8)16)14-9(2)12-7-17-10(3)15-12/h4-7,9,14,16H,1-3H3. The molecule has 2 N–H and O–H groups in total. The summed E-state index contributed by atoms with van der Waals surface area (Å²) in [6, 6.07) is 5.74. The molecule has 17 heavy (non-hydrogen) atoms. The van der Waals surface area contributed by atoms with Gasteiger partial charge in [-0.1, -0.05) is 6.07 Å². The molecule has 0 spiro atoms. The van der Waals surface area contributed by atoms with Crippen LogP contribution in [0, 0.1) is 13.8 Å². The van der Waals surface area contributed by atoms with Crippen molar-refractivity contribution in [2.24, 2.45) is 0 Å². The molecule has 1 atom stereocenters. The van der Waals surface area contributed by atoms with Gasteiger partial charge in [-0.05, 0) is 32.4 Å². The van der Waals surface area contributed by atoms with Gasteiger partial charge in [-0.2, -0.15) is 0 Å². The van der Waals surface area contributed by atoms with Gasteiger partial charge in [0.05, 0.1) is 16.7 Å². The van der Waals surface area contributed by atoms with Gasteiger partial charge in [-0.25, -0.2) is 4.98 Å². The summed E-state index contributed by atoms with van der Waals surface area (Å²) in [4.78, 5) is 4.44. The summed E-state index contributed by atoms with van der Waals surface area (Å²) < 4.78 is 0. The molecular weight excluding hydrogens is 232 g/mol. The van der Waals surface area contributed by atoms with E-state index in [0.29, 0.717) is 5.75 Å². The SMILES string of the molecule is Cc1nc(C(C)Nc2ccc(C)c(O)c2)cs1. The van der Waals surface area contributed by atoms with E-state index in [9.17, 15) is 5.11 Å². The average Bonchev–Trinajstić information content (AvgIpc) is 2.70. The van der Waals surface area contributed by atoms with E-state index in [2.05, 4.69) is 22.6 Å². The Bertz CT molecular complexity index is 522. The Kier molecular flexibility index (Phi) is 3.33. The molecule has 1 heterocycles. The number of nitrogens with one attached hydrogen (secondary N) is 1. The minimum Gasteiger partial charge on any atom is -0.508 e. The van der Waals surface area contributed by atoms with Crippen molar-refractivity contribution >= 4 is 17.0 Å². The van der Waals surface area contributed by atoms with E-state index < -0.39 is 0 Å². The smallest absolute Gasteiger partial charge is 0.120 e. The second-order valence-electron chi connectivity index (χ2n) is 4.16. The highest BCUT2D eigenvalue weighted by atomic mass is 32.1. The molecule has 90 valence electrons. The number of phenolic OH excluding ortho intramolecular Hbond substituents is 1. The van der Waals surface area contributed by atoms with Gasteiger partial charge < -0.3 is 10.4 Å². The molecule has 2 rings (SSSR count). The van der Waals surface area contributed by atoms with Crippen LogP contribution in [0.3, 0.4) is 0 Å². The third-order valence-corrected chi connectivity index (χ3v) is 3.46. The van der Waals surface area contributed by atoms with Crippen LogP contribution in [-0.2, 0) is 0 Å². The van der Waals surface area contributed by atoms with Gasteiger partial charge in [-0.3, -0.25) is 0 Å². The number of hydrogen-bond acceptors (Lipinski definition) is 4. The molecule has 3 nitrogen and oxygen atoms in total. The van der Waals surface area contributed by atoms with E-state index in [-0.39, 0.29) is 6.04 Å². The van der Waals surface area contributed by atoms with Crippen molar-refractivity contribution in [1.82, 2.24) is 4.98 Å². The van der Waals surface area contributed by atoms with Crippen LogP contribution in [0.15, 0.2) is 23.6 Å². The molecule has 1 unspecified atom stereocenters. The summed E-state index contributed by atoms with van der Waals surface area (Å²) >= 11 is 1.65. The molecule has 0 bridgehead atoms. The Labute approximate surface area is 105 Å². The van der Waals surface area contributed by atoms with Crippen LogP contribution in [0.1, 0.15) is 29.2 Å². The maximum absolute atomic E-state index is 9.63. The molecular formula is C13H16N2OS. The molecule has 0 aliphatic heterocycles. The topological polar surface area (TPSA) is 45.2 Å². The third kappa shape index (κ3) is 2.77. The van der Waals surface area contributed by atoms with Crippen molar-refractivity contribution in [3.05, 3.63) is 39.8 Å². The van der Waals surface area contributed by atoms with E-state index in [4.69, 9.17) is 0 Å². The second kappa shape index (κ2) is 4.75. The quantitative estimate of drug-likeness (QED) is 0.871. The lowest BCUT2D eigenvalue weighted by Crippen LogP contribution is -2.06. The number of nitrogens with zero attached hydrogens (tertiary/aromatic N) is 1. The number of rotatable bonds is 3. The van der Waals surface area contributed by atoms with Gasteiger partial charge in [0, 0.05) is 17.1 Å². The first-order valence-electron chi connectivity index (χ1n) is 5.54. The monoisotopic (exact) mass is 248 g/mol. The van der Waals surface area contributed by atoms with Gasteiger partial charge in [0.25, 0.3) is 0 Å². The fraction of sp³-hybridized carbons (Fsp3) is 0.308. The van der Waals surface area contributed by atoms with Crippen molar-refractivity contribution < 1.29 is 5.11 Å². The van der Waals surface area contributed by atoms with E-state index in [0.717, 1.165) is 22.0 Å². The highest BCUT2D eigenvalue weighted by Gasteiger charge is 2.09. The number of aryl methyl sites for hydroxylation is 2.